The Morgan fingerprint density at radius 1 is 1.06 bits per heavy atom. The molecule has 0 radical (unpaired) electrons. The maximum absolute atomic E-state index is 13.4. The molecule has 8 heteroatoms. The zero-order valence-corrected chi connectivity index (χ0v) is 21.6. The summed E-state index contributed by atoms with van der Waals surface area (Å²) in [5.41, 5.74) is 3.70. The van der Waals surface area contributed by atoms with Gasteiger partial charge >= 0.3 is 5.91 Å². The number of benzene rings is 3. The summed E-state index contributed by atoms with van der Waals surface area (Å²) < 4.78 is 7.00. The zero-order chi connectivity index (χ0) is 24.9. The van der Waals surface area contributed by atoms with E-state index in [1.807, 2.05) is 68.4 Å². The molecule has 1 atom stereocenters. The monoisotopic (exact) mass is 548 g/mol. The third-order valence-corrected chi connectivity index (χ3v) is 7.61. The summed E-state index contributed by atoms with van der Waals surface area (Å²) in [6.07, 6.45) is 0. The highest BCUT2D eigenvalue weighted by Crippen LogP contribution is 2.45. The van der Waals surface area contributed by atoms with Crippen molar-refractivity contribution >= 4 is 60.1 Å². The molecule has 4 aromatic rings. The first-order valence-corrected chi connectivity index (χ1v) is 12.5. The molecule has 1 aromatic heterocycles. The van der Waals surface area contributed by atoms with Crippen molar-refractivity contribution in [3.63, 3.8) is 0 Å². The van der Waals surface area contributed by atoms with Gasteiger partial charge < -0.3 is 9.84 Å². The number of hydrogen-bond donors (Lipinski definition) is 1. The molecular weight excluding hydrogens is 528 g/mol. The molecule has 0 aliphatic carbocycles. The fourth-order valence-electron chi connectivity index (χ4n) is 4.25. The topological polar surface area (TPSA) is 79.7 Å². The predicted molar refractivity (Wildman–Crippen MR) is 141 cm³/mol. The normalized spacial score (nSPS) is 17.4. The maximum Gasteiger partial charge on any atom is 0.301 e. The number of carbonyl (C=O) groups excluding carboxylic acids is 2. The van der Waals surface area contributed by atoms with Gasteiger partial charge in [0.1, 0.15) is 11.5 Å². The molecule has 1 aliphatic heterocycles. The van der Waals surface area contributed by atoms with Crippen molar-refractivity contribution in [1.82, 2.24) is 4.98 Å². The number of nitrogens with zero attached hydrogens (tertiary/aromatic N) is 2. The summed E-state index contributed by atoms with van der Waals surface area (Å²) in [5.74, 6) is -0.985. The van der Waals surface area contributed by atoms with E-state index in [1.54, 1.807) is 13.2 Å². The quantitative estimate of drug-likeness (QED) is 0.183. The van der Waals surface area contributed by atoms with Gasteiger partial charge in [0, 0.05) is 10.0 Å². The zero-order valence-electron chi connectivity index (χ0n) is 19.2. The SMILES string of the molecule is COc1ccc2nc(N3C(=O)C(=O)/C(=C(/O)c4cc(C)ccc4C)C3c3ccc(Br)cc3)sc2c1. The number of thiazole rings is 1. The van der Waals surface area contributed by atoms with Gasteiger partial charge in [-0.1, -0.05) is 57.1 Å². The highest BCUT2D eigenvalue weighted by Gasteiger charge is 2.48. The average molecular weight is 549 g/mol. The van der Waals surface area contributed by atoms with Gasteiger partial charge in [-0.2, -0.15) is 0 Å². The minimum Gasteiger partial charge on any atom is -0.507 e. The minimum absolute atomic E-state index is 0.0443. The van der Waals surface area contributed by atoms with Crippen LogP contribution in [0.25, 0.3) is 16.0 Å². The van der Waals surface area contributed by atoms with E-state index in [0.717, 1.165) is 20.3 Å². The van der Waals surface area contributed by atoms with Crippen LogP contribution >= 0.6 is 27.3 Å². The Kier molecular flexibility index (Phi) is 5.94. The number of carbonyl (C=O) groups is 2. The number of ketones is 1. The number of aryl methyl sites for hydroxylation is 2. The van der Waals surface area contributed by atoms with Gasteiger partial charge in [-0.25, -0.2) is 4.98 Å². The summed E-state index contributed by atoms with van der Waals surface area (Å²) in [4.78, 5) is 32.9. The molecule has 0 saturated carbocycles. The number of aliphatic hydroxyl groups excluding tert-OH is 1. The Hall–Kier alpha value is -3.49. The fraction of sp³-hybridized carbons (Fsp3) is 0.148. The van der Waals surface area contributed by atoms with Crippen molar-refractivity contribution in [2.75, 3.05) is 12.0 Å². The summed E-state index contributed by atoms with van der Waals surface area (Å²) >= 11 is 4.74. The van der Waals surface area contributed by atoms with E-state index in [1.165, 1.54) is 16.2 Å². The number of Topliss-reactive ketones (excluding diaryl/α,β-unsaturated/α-hetero) is 1. The molecule has 0 spiro atoms. The lowest BCUT2D eigenvalue weighted by Crippen LogP contribution is -2.29. The van der Waals surface area contributed by atoms with Gasteiger partial charge in [-0.15, -0.1) is 0 Å². The molecule has 176 valence electrons. The molecule has 1 saturated heterocycles. The van der Waals surface area contributed by atoms with Gasteiger partial charge in [-0.05, 0) is 61.4 Å². The maximum atomic E-state index is 13.4. The van der Waals surface area contributed by atoms with Crippen molar-refractivity contribution in [3.05, 3.63) is 93.0 Å². The van der Waals surface area contributed by atoms with Gasteiger partial charge in [0.25, 0.3) is 5.78 Å². The number of aliphatic hydroxyl groups is 1. The standard InChI is InChI=1S/C27H21BrN2O4S/c1-14-4-5-15(2)19(12-14)24(31)22-23(16-6-8-17(28)9-7-16)30(26(33)25(22)32)27-29-20-11-10-18(34-3)13-21(20)35-27/h4-13,23,31H,1-3H3/b24-22+. The molecule has 1 amide bonds. The Balaban J connectivity index is 1.74. The van der Waals surface area contributed by atoms with E-state index in [0.29, 0.717) is 27.5 Å². The second-order valence-electron chi connectivity index (χ2n) is 8.37. The Labute approximate surface area is 214 Å². The number of methoxy groups -OCH3 is 1. The first kappa shape index (κ1) is 23.3. The van der Waals surface area contributed by atoms with E-state index in [9.17, 15) is 14.7 Å². The fourth-order valence-corrected chi connectivity index (χ4v) is 5.53. The number of ether oxygens (including phenoxy) is 1. The van der Waals surface area contributed by atoms with Crippen LogP contribution < -0.4 is 9.64 Å². The predicted octanol–water partition coefficient (Wildman–Crippen LogP) is 6.31. The molecule has 1 unspecified atom stereocenters. The van der Waals surface area contributed by atoms with Crippen LogP contribution in [0.1, 0.15) is 28.3 Å². The number of rotatable bonds is 4. The van der Waals surface area contributed by atoms with E-state index in [-0.39, 0.29) is 11.3 Å². The third kappa shape index (κ3) is 4.02. The van der Waals surface area contributed by atoms with Gasteiger partial charge in [-0.3, -0.25) is 14.5 Å². The average Bonchev–Trinajstić information content (AvgIpc) is 3.38. The molecule has 3 aromatic carbocycles. The van der Waals surface area contributed by atoms with Gasteiger partial charge in [0.2, 0.25) is 0 Å². The highest BCUT2D eigenvalue weighted by molar-refractivity contribution is 9.10. The molecule has 1 N–H and O–H groups in total. The van der Waals surface area contributed by atoms with E-state index >= 15 is 0 Å². The number of hydrogen-bond acceptors (Lipinski definition) is 6. The van der Waals surface area contributed by atoms with E-state index in [2.05, 4.69) is 20.9 Å². The largest absolute Gasteiger partial charge is 0.507 e. The van der Waals surface area contributed by atoms with Crippen LogP contribution in [-0.2, 0) is 9.59 Å². The number of halogens is 1. The van der Waals surface area contributed by atoms with Crippen molar-refractivity contribution in [2.24, 2.45) is 0 Å². The van der Waals surface area contributed by atoms with Crippen LogP contribution in [0.5, 0.6) is 5.75 Å². The number of aromatic nitrogens is 1. The van der Waals surface area contributed by atoms with Crippen molar-refractivity contribution in [1.29, 1.82) is 0 Å². The van der Waals surface area contributed by atoms with Gasteiger partial charge in [0.05, 0.1) is 28.9 Å². The van der Waals surface area contributed by atoms with E-state index in [4.69, 9.17) is 4.74 Å². The van der Waals surface area contributed by atoms with E-state index < -0.39 is 17.7 Å². The second-order valence-corrected chi connectivity index (χ2v) is 10.3. The molecule has 1 aliphatic rings. The second kappa shape index (κ2) is 8.94. The number of fused-ring (bicyclic) bond motifs is 1. The van der Waals surface area contributed by atoms with Crippen molar-refractivity contribution in [2.45, 2.75) is 19.9 Å². The van der Waals surface area contributed by atoms with Gasteiger partial charge in [0.15, 0.2) is 5.13 Å². The molecule has 0 bridgehead atoms. The number of anilines is 1. The molecule has 1 fully saturated rings. The van der Waals surface area contributed by atoms with Crippen LogP contribution in [-0.4, -0.2) is 28.9 Å². The minimum atomic E-state index is -0.828. The Morgan fingerprint density at radius 3 is 2.51 bits per heavy atom. The van der Waals surface area contributed by atoms with Crippen LogP contribution in [0.3, 0.4) is 0 Å². The molecule has 2 heterocycles. The highest BCUT2D eigenvalue weighted by atomic mass is 79.9. The van der Waals surface area contributed by atoms with Crippen LogP contribution in [0.4, 0.5) is 5.13 Å². The lowest BCUT2D eigenvalue weighted by molar-refractivity contribution is -0.132. The lowest BCUT2D eigenvalue weighted by Gasteiger charge is -2.23. The summed E-state index contributed by atoms with van der Waals surface area (Å²) in [6.45, 7) is 3.77. The van der Waals surface area contributed by atoms with Crippen molar-refractivity contribution < 1.29 is 19.4 Å². The van der Waals surface area contributed by atoms with Crippen LogP contribution in [0, 0.1) is 13.8 Å². The first-order chi connectivity index (χ1) is 16.8. The Bertz CT molecular complexity index is 1520. The molecule has 5 rings (SSSR count). The lowest BCUT2D eigenvalue weighted by atomic mass is 9.93. The molecule has 6 nitrogen and oxygen atoms in total. The Morgan fingerprint density at radius 2 is 1.80 bits per heavy atom. The third-order valence-electron chi connectivity index (χ3n) is 6.07. The number of amides is 1. The van der Waals surface area contributed by atoms with Crippen LogP contribution in [0.15, 0.2) is 70.7 Å². The first-order valence-electron chi connectivity index (χ1n) is 10.9. The summed E-state index contributed by atoms with van der Waals surface area (Å²) in [5, 5.41) is 11.8. The summed E-state index contributed by atoms with van der Waals surface area (Å²) in [6, 6.07) is 17.6. The van der Waals surface area contributed by atoms with Crippen LogP contribution in [0.2, 0.25) is 0 Å². The van der Waals surface area contributed by atoms with Crippen molar-refractivity contribution in [3.8, 4) is 5.75 Å². The molecular formula is C27H21BrN2O4S. The summed E-state index contributed by atoms with van der Waals surface area (Å²) in [7, 11) is 1.59. The molecule has 35 heavy (non-hydrogen) atoms. The smallest absolute Gasteiger partial charge is 0.301 e.